The van der Waals surface area contributed by atoms with Gasteiger partial charge in [0, 0.05) is 0 Å². The van der Waals surface area contributed by atoms with Crippen LogP contribution in [0.15, 0.2) is 0 Å². The lowest BCUT2D eigenvalue weighted by Gasteiger charge is -2.24. The van der Waals surface area contributed by atoms with Crippen molar-refractivity contribution in [1.29, 1.82) is 0 Å². The van der Waals surface area contributed by atoms with E-state index in [0.29, 0.717) is 17.4 Å². The van der Waals surface area contributed by atoms with E-state index in [4.69, 9.17) is 9.05 Å². The Bertz CT molecular complexity index is 387. The Balaban J connectivity index is 3.72. The number of aliphatic hydroxyl groups is 1. The lowest BCUT2D eigenvalue weighted by atomic mass is 10.0. The number of phosphoric acid groups is 1. The first-order valence-corrected chi connectivity index (χ1v) is 12.3. The second-order valence-electron chi connectivity index (χ2n) is 8.55. The van der Waals surface area contributed by atoms with Crippen LogP contribution in [0.4, 0.5) is 0 Å². The van der Waals surface area contributed by atoms with Crippen LogP contribution in [0, 0.1) is 0 Å². The Labute approximate surface area is 167 Å². The van der Waals surface area contributed by atoms with Gasteiger partial charge in [-0.15, -0.1) is 0 Å². The van der Waals surface area contributed by atoms with Crippen LogP contribution >= 0.6 is 7.82 Å². The zero-order valence-corrected chi connectivity index (χ0v) is 19.1. The third-order valence-corrected chi connectivity index (χ3v) is 5.71. The third kappa shape index (κ3) is 19.1. The van der Waals surface area contributed by atoms with E-state index in [9.17, 15) is 14.6 Å². The van der Waals surface area contributed by atoms with Crippen molar-refractivity contribution in [3.8, 4) is 0 Å². The first-order valence-electron chi connectivity index (χ1n) is 10.8. The molecule has 2 atom stereocenters. The molecule has 0 aliphatic carbocycles. The average molecular weight is 411 g/mol. The predicted molar refractivity (Wildman–Crippen MR) is 112 cm³/mol. The third-order valence-electron chi connectivity index (χ3n) is 4.63. The molecule has 2 unspecified atom stereocenters. The summed E-state index contributed by atoms with van der Waals surface area (Å²) in [4.78, 5) is 9.78. The smallest absolute Gasteiger partial charge is 0.394 e. The molecule has 164 valence electrons. The van der Waals surface area contributed by atoms with E-state index in [1.165, 1.54) is 57.8 Å². The maximum absolute atomic E-state index is 12.0. The van der Waals surface area contributed by atoms with Gasteiger partial charge in [-0.2, -0.15) is 0 Å². The lowest BCUT2D eigenvalue weighted by molar-refractivity contribution is -0.870. The first kappa shape index (κ1) is 27.0. The molecule has 0 rings (SSSR count). The summed E-state index contributed by atoms with van der Waals surface area (Å²) in [5.74, 6) is 0. The van der Waals surface area contributed by atoms with Crippen LogP contribution in [0.3, 0.4) is 0 Å². The molecule has 0 aromatic rings. The molecule has 0 radical (unpaired) electrons. The normalized spacial score (nSPS) is 15.6. The fourth-order valence-electron chi connectivity index (χ4n) is 2.86. The number of quaternary nitrogens is 1. The number of hydrogen-bond acceptors (Lipinski definition) is 4. The number of aliphatic hydroxyl groups excluding tert-OH is 1. The minimum absolute atomic E-state index is 0.147. The van der Waals surface area contributed by atoms with Crippen LogP contribution in [0.1, 0.15) is 84.0 Å². The molecule has 6 nitrogen and oxygen atoms in total. The van der Waals surface area contributed by atoms with Gasteiger partial charge in [0.15, 0.2) is 0 Å². The molecule has 0 fully saturated rings. The van der Waals surface area contributed by atoms with E-state index in [0.717, 1.165) is 12.8 Å². The number of unbranched alkanes of at least 4 members (excludes halogenated alkanes) is 10. The fraction of sp³-hybridized carbons (Fsp3) is 1.00. The van der Waals surface area contributed by atoms with Gasteiger partial charge in [-0.05, 0) is 6.42 Å². The molecule has 0 aromatic carbocycles. The molecule has 0 aliphatic rings. The van der Waals surface area contributed by atoms with Crippen LogP contribution in [0.25, 0.3) is 0 Å². The molecule has 27 heavy (non-hydrogen) atoms. The van der Waals surface area contributed by atoms with Gasteiger partial charge in [0.25, 0.3) is 0 Å². The van der Waals surface area contributed by atoms with Crippen LogP contribution < -0.4 is 0 Å². The Morgan fingerprint density at radius 2 is 1.37 bits per heavy atom. The molecular formula is C20H45NO5P+. The molecule has 0 saturated heterocycles. The van der Waals surface area contributed by atoms with Crippen molar-refractivity contribution in [3.05, 3.63) is 0 Å². The van der Waals surface area contributed by atoms with Crippen molar-refractivity contribution in [2.75, 3.05) is 40.9 Å². The molecule has 2 N–H and O–H groups in total. The Morgan fingerprint density at radius 3 is 1.81 bits per heavy atom. The van der Waals surface area contributed by atoms with Gasteiger partial charge in [-0.1, -0.05) is 77.6 Å². The Hall–Kier alpha value is 0.0300. The summed E-state index contributed by atoms with van der Waals surface area (Å²) < 4.78 is 22.7. The van der Waals surface area contributed by atoms with Gasteiger partial charge in [0.05, 0.1) is 33.9 Å². The predicted octanol–water partition coefficient (Wildman–Crippen LogP) is 4.89. The second kappa shape index (κ2) is 15.9. The van der Waals surface area contributed by atoms with Crippen LogP contribution in [0.5, 0.6) is 0 Å². The summed E-state index contributed by atoms with van der Waals surface area (Å²) in [6, 6.07) is 0. The SMILES string of the molecule is CCCCCCCCCCCCCC(CO)OP(=O)(O)OCC[N+](C)(C)C. The van der Waals surface area contributed by atoms with Gasteiger partial charge in [0.2, 0.25) is 0 Å². The van der Waals surface area contributed by atoms with Crippen molar-refractivity contribution in [1.82, 2.24) is 0 Å². The Kier molecular flexibility index (Phi) is 15.9. The summed E-state index contributed by atoms with van der Waals surface area (Å²) >= 11 is 0. The zero-order valence-electron chi connectivity index (χ0n) is 18.2. The van der Waals surface area contributed by atoms with Gasteiger partial charge in [-0.25, -0.2) is 4.57 Å². The number of phosphoric ester groups is 1. The fourth-order valence-corrected chi connectivity index (χ4v) is 3.78. The highest BCUT2D eigenvalue weighted by atomic mass is 31.2. The van der Waals surface area contributed by atoms with Gasteiger partial charge in [-0.3, -0.25) is 9.05 Å². The van der Waals surface area contributed by atoms with Crippen molar-refractivity contribution in [3.63, 3.8) is 0 Å². The lowest BCUT2D eigenvalue weighted by Crippen LogP contribution is -2.37. The number of nitrogens with zero attached hydrogens (tertiary/aromatic N) is 1. The molecule has 0 bridgehead atoms. The van der Waals surface area contributed by atoms with Crippen LogP contribution in [-0.2, 0) is 13.6 Å². The van der Waals surface area contributed by atoms with Crippen molar-refractivity contribution >= 4 is 7.82 Å². The molecular weight excluding hydrogens is 365 g/mol. The van der Waals surface area contributed by atoms with E-state index in [1.807, 2.05) is 21.1 Å². The first-order chi connectivity index (χ1) is 12.7. The van der Waals surface area contributed by atoms with Gasteiger partial charge in [0.1, 0.15) is 13.2 Å². The monoisotopic (exact) mass is 410 g/mol. The van der Waals surface area contributed by atoms with Crippen molar-refractivity contribution in [2.45, 2.75) is 90.1 Å². The molecule has 0 aliphatic heterocycles. The van der Waals surface area contributed by atoms with E-state index in [1.54, 1.807) is 0 Å². The molecule has 0 heterocycles. The highest BCUT2D eigenvalue weighted by Gasteiger charge is 2.27. The number of hydrogen-bond donors (Lipinski definition) is 2. The summed E-state index contributed by atoms with van der Waals surface area (Å²) in [6.45, 7) is 2.73. The maximum atomic E-state index is 12.0. The molecule has 0 saturated carbocycles. The quantitative estimate of drug-likeness (QED) is 0.180. The minimum Gasteiger partial charge on any atom is -0.394 e. The summed E-state index contributed by atoms with van der Waals surface area (Å²) in [5, 5.41) is 9.39. The van der Waals surface area contributed by atoms with Crippen molar-refractivity contribution in [2.24, 2.45) is 0 Å². The molecule has 7 heteroatoms. The summed E-state index contributed by atoms with van der Waals surface area (Å²) in [7, 11) is 1.84. The highest BCUT2D eigenvalue weighted by molar-refractivity contribution is 7.47. The topological polar surface area (TPSA) is 76.0 Å². The Morgan fingerprint density at radius 1 is 0.889 bits per heavy atom. The molecule has 0 spiro atoms. The largest absolute Gasteiger partial charge is 0.472 e. The second-order valence-corrected chi connectivity index (χ2v) is 9.96. The summed E-state index contributed by atoms with van der Waals surface area (Å²) in [5.41, 5.74) is 0. The minimum atomic E-state index is -4.10. The standard InChI is InChI=1S/C20H44NO5P/c1-5-6-7-8-9-10-11-12-13-14-15-16-20(19-22)26-27(23,24)25-18-17-21(2,3)4/h20,22H,5-19H2,1-4H3/p+1. The molecule has 0 aromatic heterocycles. The maximum Gasteiger partial charge on any atom is 0.472 e. The van der Waals surface area contributed by atoms with Crippen molar-refractivity contribution < 1.29 is 28.1 Å². The highest BCUT2D eigenvalue weighted by Crippen LogP contribution is 2.45. The van der Waals surface area contributed by atoms with E-state index >= 15 is 0 Å². The zero-order chi connectivity index (χ0) is 20.6. The number of rotatable bonds is 19. The van der Waals surface area contributed by atoms with E-state index < -0.39 is 13.9 Å². The van der Waals surface area contributed by atoms with E-state index in [2.05, 4.69) is 6.92 Å². The van der Waals surface area contributed by atoms with Gasteiger partial charge < -0.3 is 14.5 Å². The van der Waals surface area contributed by atoms with Crippen LogP contribution in [0.2, 0.25) is 0 Å². The average Bonchev–Trinajstić information content (AvgIpc) is 2.57. The number of likely N-dealkylation sites (N-methyl/N-ethyl adjacent to an activating group) is 1. The summed E-state index contributed by atoms with van der Waals surface area (Å²) in [6.07, 6.45) is 13.7. The molecule has 0 amide bonds. The van der Waals surface area contributed by atoms with E-state index in [-0.39, 0.29) is 13.2 Å². The van der Waals surface area contributed by atoms with Crippen LogP contribution in [-0.4, -0.2) is 61.5 Å². The van der Waals surface area contributed by atoms with Gasteiger partial charge >= 0.3 is 7.82 Å².